The number of piperidine rings is 1. The van der Waals surface area contributed by atoms with Gasteiger partial charge in [0, 0.05) is 12.6 Å². The van der Waals surface area contributed by atoms with Crippen molar-refractivity contribution in [2.24, 2.45) is 11.1 Å². The Morgan fingerprint density at radius 1 is 1.05 bits per heavy atom. The topological polar surface area (TPSA) is 29.3 Å². The third kappa shape index (κ3) is 3.45. The molecule has 2 heteroatoms. The smallest absolute Gasteiger partial charge is 0.0424 e. The van der Waals surface area contributed by atoms with Crippen molar-refractivity contribution in [1.29, 1.82) is 0 Å². The lowest BCUT2D eigenvalue weighted by atomic mass is 9.82. The van der Waals surface area contributed by atoms with E-state index in [1.165, 1.54) is 42.3 Å². The molecule has 112 valence electrons. The fourth-order valence-corrected chi connectivity index (χ4v) is 3.16. The molecule has 1 heterocycles. The van der Waals surface area contributed by atoms with Gasteiger partial charge in [-0.15, -0.1) is 0 Å². The zero-order valence-electron chi connectivity index (χ0n) is 13.2. The molecule has 0 aromatic heterocycles. The molecule has 1 atom stereocenters. The highest BCUT2D eigenvalue weighted by atomic mass is 15.1. The van der Waals surface area contributed by atoms with E-state index in [0.717, 1.165) is 6.54 Å². The van der Waals surface area contributed by atoms with E-state index < -0.39 is 0 Å². The summed E-state index contributed by atoms with van der Waals surface area (Å²) in [5.74, 6) is 0. The molecule has 2 aromatic rings. The Balaban J connectivity index is 1.68. The van der Waals surface area contributed by atoms with Crippen molar-refractivity contribution >= 4 is 10.8 Å². The molecule has 2 nitrogen and oxygen atoms in total. The Morgan fingerprint density at radius 3 is 2.43 bits per heavy atom. The van der Waals surface area contributed by atoms with Crippen molar-refractivity contribution in [2.75, 3.05) is 19.6 Å². The van der Waals surface area contributed by atoms with Gasteiger partial charge in [-0.05, 0) is 53.7 Å². The molecule has 3 rings (SSSR count). The molecule has 0 saturated carbocycles. The maximum Gasteiger partial charge on any atom is 0.0424 e. The fraction of sp³-hybridized carbons (Fsp3) is 0.474. The minimum absolute atomic E-state index is 0.107. The molecule has 21 heavy (non-hydrogen) atoms. The van der Waals surface area contributed by atoms with Crippen LogP contribution in [-0.2, 0) is 0 Å². The van der Waals surface area contributed by atoms with Gasteiger partial charge in [0.1, 0.15) is 0 Å². The zero-order chi connectivity index (χ0) is 14.9. The minimum Gasteiger partial charge on any atom is -0.323 e. The van der Waals surface area contributed by atoms with Crippen LogP contribution in [-0.4, -0.2) is 24.5 Å². The molecular formula is C19H26N2. The van der Waals surface area contributed by atoms with Crippen LogP contribution in [0.5, 0.6) is 0 Å². The number of nitrogens with zero attached hydrogens (tertiary/aromatic N) is 1. The second kappa shape index (κ2) is 5.78. The second-order valence-corrected chi connectivity index (χ2v) is 7.18. The average molecular weight is 282 g/mol. The molecule has 2 aromatic carbocycles. The standard InChI is InChI=1S/C19H26N2/c1-19(2)9-11-21(12-10-19)14-18(20)17-8-7-15-5-3-4-6-16(15)13-17/h3-8,13,18H,9-12,14,20H2,1-2H3. The van der Waals surface area contributed by atoms with E-state index in [1.54, 1.807) is 0 Å². The van der Waals surface area contributed by atoms with Gasteiger partial charge >= 0.3 is 0 Å². The van der Waals surface area contributed by atoms with Gasteiger partial charge in [0.2, 0.25) is 0 Å². The summed E-state index contributed by atoms with van der Waals surface area (Å²) in [6.07, 6.45) is 2.55. The molecule has 1 fully saturated rings. The van der Waals surface area contributed by atoms with Gasteiger partial charge in [0.25, 0.3) is 0 Å². The summed E-state index contributed by atoms with van der Waals surface area (Å²) in [7, 11) is 0. The highest BCUT2D eigenvalue weighted by molar-refractivity contribution is 5.83. The molecule has 0 spiro atoms. The predicted molar refractivity (Wildman–Crippen MR) is 90.3 cm³/mol. The first-order chi connectivity index (χ1) is 10.0. The Morgan fingerprint density at radius 2 is 1.71 bits per heavy atom. The van der Waals surface area contributed by atoms with Crippen molar-refractivity contribution < 1.29 is 0 Å². The Labute approximate surface area is 127 Å². The summed E-state index contributed by atoms with van der Waals surface area (Å²) in [6, 6.07) is 15.2. The molecule has 1 aliphatic rings. The lowest BCUT2D eigenvalue weighted by Crippen LogP contribution is -2.40. The number of rotatable bonds is 3. The second-order valence-electron chi connectivity index (χ2n) is 7.18. The van der Waals surface area contributed by atoms with E-state index in [2.05, 4.69) is 61.2 Å². The first-order valence-corrected chi connectivity index (χ1v) is 8.00. The maximum absolute atomic E-state index is 6.44. The van der Waals surface area contributed by atoms with E-state index in [-0.39, 0.29) is 6.04 Å². The highest BCUT2D eigenvalue weighted by Crippen LogP contribution is 2.30. The van der Waals surface area contributed by atoms with Crippen LogP contribution in [0.3, 0.4) is 0 Å². The fourth-order valence-electron chi connectivity index (χ4n) is 3.16. The van der Waals surface area contributed by atoms with Crippen LogP contribution in [0.1, 0.15) is 38.3 Å². The van der Waals surface area contributed by atoms with E-state index in [0.29, 0.717) is 5.41 Å². The molecular weight excluding hydrogens is 256 g/mol. The van der Waals surface area contributed by atoms with E-state index in [4.69, 9.17) is 5.73 Å². The monoisotopic (exact) mass is 282 g/mol. The van der Waals surface area contributed by atoms with Crippen molar-refractivity contribution in [1.82, 2.24) is 4.90 Å². The molecule has 2 N–H and O–H groups in total. The molecule has 1 aliphatic heterocycles. The minimum atomic E-state index is 0.107. The van der Waals surface area contributed by atoms with E-state index >= 15 is 0 Å². The molecule has 0 bridgehead atoms. The summed E-state index contributed by atoms with van der Waals surface area (Å²) in [4.78, 5) is 2.52. The van der Waals surface area contributed by atoms with E-state index in [9.17, 15) is 0 Å². The van der Waals surface area contributed by atoms with E-state index in [1.807, 2.05) is 0 Å². The third-order valence-electron chi connectivity index (χ3n) is 4.87. The number of hydrogen-bond donors (Lipinski definition) is 1. The Hall–Kier alpha value is -1.38. The Kier molecular flexibility index (Phi) is 4.01. The first-order valence-electron chi connectivity index (χ1n) is 8.00. The zero-order valence-corrected chi connectivity index (χ0v) is 13.2. The predicted octanol–water partition coefficient (Wildman–Crippen LogP) is 3.96. The van der Waals surface area contributed by atoms with Gasteiger partial charge in [-0.2, -0.15) is 0 Å². The lowest BCUT2D eigenvalue weighted by Gasteiger charge is -2.38. The third-order valence-corrected chi connectivity index (χ3v) is 4.87. The summed E-state index contributed by atoms with van der Waals surface area (Å²) < 4.78 is 0. The van der Waals surface area contributed by atoms with Crippen LogP contribution in [0.25, 0.3) is 10.8 Å². The van der Waals surface area contributed by atoms with Gasteiger partial charge < -0.3 is 10.6 Å². The van der Waals surface area contributed by atoms with Gasteiger partial charge in [0.15, 0.2) is 0 Å². The number of fused-ring (bicyclic) bond motifs is 1. The van der Waals surface area contributed by atoms with Gasteiger partial charge in [-0.25, -0.2) is 0 Å². The van der Waals surface area contributed by atoms with Crippen molar-refractivity contribution in [3.05, 3.63) is 48.0 Å². The van der Waals surface area contributed by atoms with Crippen molar-refractivity contribution in [2.45, 2.75) is 32.7 Å². The quantitative estimate of drug-likeness (QED) is 0.923. The summed E-state index contributed by atoms with van der Waals surface area (Å²) in [5, 5.41) is 2.57. The molecule has 1 unspecified atom stereocenters. The van der Waals surface area contributed by atoms with Crippen molar-refractivity contribution in [3.8, 4) is 0 Å². The van der Waals surface area contributed by atoms with Crippen LogP contribution < -0.4 is 5.73 Å². The van der Waals surface area contributed by atoms with Crippen LogP contribution in [0, 0.1) is 5.41 Å². The number of likely N-dealkylation sites (tertiary alicyclic amines) is 1. The van der Waals surface area contributed by atoms with Gasteiger partial charge in [0.05, 0.1) is 0 Å². The Bertz CT molecular complexity index is 608. The van der Waals surface area contributed by atoms with Gasteiger partial charge in [-0.3, -0.25) is 0 Å². The van der Waals surface area contributed by atoms with Crippen LogP contribution >= 0.6 is 0 Å². The largest absolute Gasteiger partial charge is 0.323 e. The normalized spacial score (nSPS) is 20.5. The SMILES string of the molecule is CC1(C)CCN(CC(N)c2ccc3ccccc3c2)CC1. The van der Waals surface area contributed by atoms with Crippen LogP contribution in [0.4, 0.5) is 0 Å². The summed E-state index contributed by atoms with van der Waals surface area (Å²) >= 11 is 0. The number of hydrogen-bond acceptors (Lipinski definition) is 2. The molecule has 0 aliphatic carbocycles. The summed E-state index contributed by atoms with van der Waals surface area (Å²) in [6.45, 7) is 8.05. The molecule has 0 radical (unpaired) electrons. The molecule has 1 saturated heterocycles. The highest BCUT2D eigenvalue weighted by Gasteiger charge is 2.26. The van der Waals surface area contributed by atoms with Crippen LogP contribution in [0.15, 0.2) is 42.5 Å². The first kappa shape index (κ1) is 14.6. The van der Waals surface area contributed by atoms with Gasteiger partial charge in [-0.1, -0.05) is 50.2 Å². The lowest BCUT2D eigenvalue weighted by molar-refractivity contribution is 0.127. The van der Waals surface area contributed by atoms with Crippen molar-refractivity contribution in [3.63, 3.8) is 0 Å². The van der Waals surface area contributed by atoms with Crippen LogP contribution in [0.2, 0.25) is 0 Å². The summed E-state index contributed by atoms with van der Waals surface area (Å²) in [5.41, 5.74) is 8.19. The molecule has 0 amide bonds. The number of benzene rings is 2. The average Bonchev–Trinajstić information content (AvgIpc) is 2.49. The number of nitrogens with two attached hydrogens (primary N) is 1. The maximum atomic E-state index is 6.44.